The van der Waals surface area contributed by atoms with Gasteiger partial charge in [-0.25, -0.2) is 13.1 Å². The first-order chi connectivity index (χ1) is 11.6. The number of amides is 1. The van der Waals surface area contributed by atoms with Crippen LogP contribution < -0.4 is 20.5 Å². The number of halogens is 3. The van der Waals surface area contributed by atoms with E-state index in [1.165, 1.54) is 0 Å². The van der Waals surface area contributed by atoms with Gasteiger partial charge in [-0.05, 0) is 43.7 Å². The number of hydrogen-bond acceptors (Lipinski definition) is 5. The number of unbranched alkanes of at least 4 members (excludes halogenated alkanes) is 1. The second kappa shape index (κ2) is 9.59. The topological polar surface area (TPSA) is 111 Å². The zero-order valence-electron chi connectivity index (χ0n) is 13.3. The van der Waals surface area contributed by atoms with E-state index in [-0.39, 0.29) is 23.8 Å². The highest BCUT2D eigenvalue weighted by molar-refractivity contribution is 7.89. The van der Waals surface area contributed by atoms with Crippen LogP contribution in [0.2, 0.25) is 0 Å². The van der Waals surface area contributed by atoms with Gasteiger partial charge in [-0.3, -0.25) is 4.79 Å². The summed E-state index contributed by atoms with van der Waals surface area (Å²) in [6.07, 6.45) is -3.39. The monoisotopic (exact) mass is 383 g/mol. The van der Waals surface area contributed by atoms with Crippen molar-refractivity contribution in [1.82, 2.24) is 10.0 Å². The second-order valence-corrected chi connectivity index (χ2v) is 6.78. The summed E-state index contributed by atoms with van der Waals surface area (Å²) >= 11 is 0. The Bertz CT molecular complexity index is 648. The Morgan fingerprint density at radius 2 is 1.76 bits per heavy atom. The Morgan fingerprint density at radius 1 is 1.12 bits per heavy atom. The van der Waals surface area contributed by atoms with Gasteiger partial charge in [0.2, 0.25) is 15.9 Å². The SMILES string of the molecule is NCCCCNC(=O)CCNS(=O)(=O)c1ccc(OC(F)(F)F)cc1. The smallest absolute Gasteiger partial charge is 0.406 e. The molecule has 11 heteroatoms. The zero-order chi connectivity index (χ0) is 18.9. The van der Waals surface area contributed by atoms with Crippen LogP contribution in [0, 0.1) is 0 Å². The third kappa shape index (κ3) is 8.70. The maximum atomic E-state index is 12.1. The summed E-state index contributed by atoms with van der Waals surface area (Å²) in [5.41, 5.74) is 5.32. The predicted octanol–water partition coefficient (Wildman–Crippen LogP) is 1.11. The fourth-order valence-corrected chi connectivity index (χ4v) is 2.82. The van der Waals surface area contributed by atoms with Crippen molar-refractivity contribution in [2.45, 2.75) is 30.5 Å². The van der Waals surface area contributed by atoms with Gasteiger partial charge in [0.05, 0.1) is 4.90 Å². The van der Waals surface area contributed by atoms with Crippen molar-refractivity contribution in [2.75, 3.05) is 19.6 Å². The Balaban J connectivity index is 2.46. The van der Waals surface area contributed by atoms with Crippen LogP contribution in [0.25, 0.3) is 0 Å². The van der Waals surface area contributed by atoms with Crippen LogP contribution in [0.3, 0.4) is 0 Å². The molecule has 0 atom stereocenters. The van der Waals surface area contributed by atoms with Gasteiger partial charge in [0, 0.05) is 19.5 Å². The molecule has 1 amide bonds. The Labute approximate surface area is 143 Å². The predicted molar refractivity (Wildman–Crippen MR) is 84.2 cm³/mol. The molecule has 0 aliphatic rings. The van der Waals surface area contributed by atoms with Crippen LogP contribution >= 0.6 is 0 Å². The highest BCUT2D eigenvalue weighted by atomic mass is 32.2. The van der Waals surface area contributed by atoms with Crippen LogP contribution in [-0.2, 0) is 14.8 Å². The molecule has 7 nitrogen and oxygen atoms in total. The highest BCUT2D eigenvalue weighted by Crippen LogP contribution is 2.23. The van der Waals surface area contributed by atoms with Crippen molar-refractivity contribution in [1.29, 1.82) is 0 Å². The number of nitrogens with one attached hydrogen (secondary N) is 2. The molecule has 0 fully saturated rings. The number of hydrogen-bond donors (Lipinski definition) is 3. The van der Waals surface area contributed by atoms with Gasteiger partial charge < -0.3 is 15.8 Å². The third-order valence-electron chi connectivity index (χ3n) is 2.96. The molecule has 25 heavy (non-hydrogen) atoms. The minimum atomic E-state index is -4.85. The van der Waals surface area contributed by atoms with Gasteiger partial charge in [-0.1, -0.05) is 0 Å². The molecule has 0 saturated carbocycles. The molecular weight excluding hydrogens is 363 g/mol. The van der Waals surface area contributed by atoms with Crippen molar-refractivity contribution in [3.05, 3.63) is 24.3 Å². The zero-order valence-corrected chi connectivity index (χ0v) is 14.1. The molecule has 0 unspecified atom stereocenters. The number of benzene rings is 1. The number of rotatable bonds is 10. The molecule has 0 saturated heterocycles. The number of alkyl halides is 3. The Morgan fingerprint density at radius 3 is 2.32 bits per heavy atom. The third-order valence-corrected chi connectivity index (χ3v) is 4.44. The lowest BCUT2D eigenvalue weighted by molar-refractivity contribution is -0.274. The lowest BCUT2D eigenvalue weighted by Gasteiger charge is -2.10. The molecule has 1 aromatic rings. The molecule has 0 bridgehead atoms. The van der Waals surface area contributed by atoms with Crippen molar-refractivity contribution in [3.63, 3.8) is 0 Å². The van der Waals surface area contributed by atoms with Crippen molar-refractivity contribution in [3.8, 4) is 5.75 Å². The number of ether oxygens (including phenoxy) is 1. The van der Waals surface area contributed by atoms with E-state index in [0.29, 0.717) is 13.1 Å². The molecular formula is C14H20F3N3O4S. The molecule has 0 aliphatic carbocycles. The highest BCUT2D eigenvalue weighted by Gasteiger charge is 2.31. The number of carbonyl (C=O) groups excluding carboxylic acids is 1. The number of carbonyl (C=O) groups is 1. The fourth-order valence-electron chi connectivity index (χ4n) is 1.79. The van der Waals surface area contributed by atoms with Gasteiger partial charge in [0.1, 0.15) is 5.75 Å². The molecule has 4 N–H and O–H groups in total. The maximum absolute atomic E-state index is 12.1. The van der Waals surface area contributed by atoms with E-state index in [1.54, 1.807) is 0 Å². The van der Waals surface area contributed by atoms with Crippen molar-refractivity contribution < 1.29 is 31.1 Å². The van der Waals surface area contributed by atoms with Gasteiger partial charge in [-0.15, -0.1) is 13.2 Å². The van der Waals surface area contributed by atoms with Gasteiger partial charge in [-0.2, -0.15) is 0 Å². The van der Waals surface area contributed by atoms with Crippen LogP contribution in [-0.4, -0.2) is 40.3 Å². The Kier molecular flexibility index (Phi) is 8.13. The van der Waals surface area contributed by atoms with Crippen molar-refractivity contribution in [2.24, 2.45) is 5.73 Å². The molecule has 0 radical (unpaired) electrons. The molecule has 1 rings (SSSR count). The maximum Gasteiger partial charge on any atom is 0.573 e. The van der Waals surface area contributed by atoms with Crippen LogP contribution in [0.5, 0.6) is 5.75 Å². The van der Waals surface area contributed by atoms with Gasteiger partial charge in [0.25, 0.3) is 0 Å². The molecule has 0 spiro atoms. The first-order valence-corrected chi connectivity index (χ1v) is 8.94. The minimum Gasteiger partial charge on any atom is -0.406 e. The van der Waals surface area contributed by atoms with Crippen LogP contribution in [0.15, 0.2) is 29.2 Å². The van der Waals surface area contributed by atoms with Gasteiger partial charge >= 0.3 is 6.36 Å². The molecule has 0 aromatic heterocycles. The summed E-state index contributed by atoms with van der Waals surface area (Å²) < 4.78 is 66.0. The summed E-state index contributed by atoms with van der Waals surface area (Å²) in [4.78, 5) is 11.3. The summed E-state index contributed by atoms with van der Waals surface area (Å²) in [6.45, 7) is 0.859. The first-order valence-electron chi connectivity index (χ1n) is 7.46. The first kappa shape index (κ1) is 21.2. The Hall–Kier alpha value is -1.85. The van der Waals surface area contributed by atoms with E-state index >= 15 is 0 Å². The quantitative estimate of drug-likeness (QED) is 0.524. The summed E-state index contributed by atoms with van der Waals surface area (Å²) in [5.74, 6) is -0.836. The lowest BCUT2D eigenvalue weighted by Crippen LogP contribution is -2.31. The lowest BCUT2D eigenvalue weighted by atomic mass is 10.3. The summed E-state index contributed by atoms with van der Waals surface area (Å²) in [5, 5.41) is 2.62. The summed E-state index contributed by atoms with van der Waals surface area (Å²) in [7, 11) is -3.93. The van der Waals surface area contributed by atoms with Crippen LogP contribution in [0.4, 0.5) is 13.2 Å². The molecule has 0 aliphatic heterocycles. The number of sulfonamides is 1. The van der Waals surface area contributed by atoms with E-state index in [1.807, 2.05) is 0 Å². The molecule has 1 aromatic carbocycles. The second-order valence-electron chi connectivity index (χ2n) is 5.01. The average molecular weight is 383 g/mol. The molecule has 142 valence electrons. The van der Waals surface area contributed by atoms with Crippen molar-refractivity contribution >= 4 is 15.9 Å². The van der Waals surface area contributed by atoms with E-state index in [9.17, 15) is 26.4 Å². The fraction of sp³-hybridized carbons (Fsp3) is 0.500. The van der Waals surface area contributed by atoms with Gasteiger partial charge in [0.15, 0.2) is 0 Å². The standard InChI is InChI=1S/C14H20F3N3O4S/c15-14(16,17)24-11-3-5-12(6-4-11)25(22,23)20-10-7-13(21)19-9-2-1-8-18/h3-6,20H,1-2,7-10,18H2,(H,19,21). The van der Waals surface area contributed by atoms with E-state index in [4.69, 9.17) is 5.73 Å². The minimum absolute atomic E-state index is 0.0584. The molecule has 0 heterocycles. The normalized spacial score (nSPS) is 12.0. The largest absolute Gasteiger partial charge is 0.573 e. The van der Waals surface area contributed by atoms with E-state index in [2.05, 4.69) is 14.8 Å². The summed E-state index contributed by atoms with van der Waals surface area (Å²) in [6, 6.07) is 3.75. The van der Waals surface area contributed by atoms with E-state index < -0.39 is 22.1 Å². The van der Waals surface area contributed by atoms with Crippen LogP contribution in [0.1, 0.15) is 19.3 Å². The van der Waals surface area contributed by atoms with E-state index in [0.717, 1.165) is 37.1 Å². The average Bonchev–Trinajstić information content (AvgIpc) is 2.50. The number of nitrogens with two attached hydrogens (primary N) is 1.